The molecule has 1 aliphatic rings. The van der Waals surface area contributed by atoms with Crippen molar-refractivity contribution in [2.75, 3.05) is 0 Å². The smallest absolute Gasteiger partial charge is 0.199 e. The van der Waals surface area contributed by atoms with Gasteiger partial charge >= 0.3 is 35.8 Å². The second-order valence-electron chi connectivity index (χ2n) is 7.13. The van der Waals surface area contributed by atoms with Gasteiger partial charge in [-0.25, -0.2) is 0 Å². The van der Waals surface area contributed by atoms with Gasteiger partial charge < -0.3 is 0 Å². The maximum atomic E-state index is 14.2. The predicted octanol–water partition coefficient (Wildman–Crippen LogP) is 7.19. The fourth-order valence-corrected chi connectivity index (χ4v) is 3.54. The molecule has 0 heterocycles. The molecular weight excluding hydrogens is 427 g/mol. The average Bonchev–Trinajstić information content (AvgIpc) is 2.87. The normalized spacial score (nSPS) is 26.0. The van der Waals surface area contributed by atoms with Crippen LogP contribution in [0, 0.1) is 17.8 Å². The topological polar surface area (TPSA) is 0 Å². The lowest BCUT2D eigenvalue weighted by molar-refractivity contribution is -0.443. The van der Waals surface area contributed by atoms with E-state index in [1.165, 1.54) is 0 Å². The van der Waals surface area contributed by atoms with Crippen LogP contribution >= 0.6 is 0 Å². The molecule has 0 nitrogen and oxygen atoms in total. The number of halogens is 13. The molecule has 168 valence electrons. The van der Waals surface area contributed by atoms with Crippen LogP contribution in [-0.4, -0.2) is 35.8 Å². The van der Waals surface area contributed by atoms with Crippen LogP contribution in [-0.2, 0) is 0 Å². The molecule has 1 rings (SSSR count). The minimum absolute atomic E-state index is 0.134. The number of alkyl halides is 13. The molecule has 0 aromatic rings. The Morgan fingerprint density at radius 1 is 0.643 bits per heavy atom. The molecule has 1 fully saturated rings. The van der Waals surface area contributed by atoms with E-state index in [0.29, 0.717) is 6.42 Å². The first kappa shape index (κ1) is 25.1. The number of rotatable bonds is 7. The molecule has 0 aromatic heterocycles. The number of hydrogen-bond acceptors (Lipinski definition) is 0. The maximum absolute atomic E-state index is 14.2. The molecule has 3 unspecified atom stereocenters. The quantitative estimate of drug-likeness (QED) is 0.365. The Hall–Kier alpha value is -0.910. The van der Waals surface area contributed by atoms with Gasteiger partial charge in [-0.15, -0.1) is 0 Å². The van der Waals surface area contributed by atoms with Gasteiger partial charge in [0.05, 0.1) is 0 Å². The van der Waals surface area contributed by atoms with Gasteiger partial charge in [0.2, 0.25) is 0 Å². The van der Waals surface area contributed by atoms with Crippen molar-refractivity contribution in [3.63, 3.8) is 0 Å². The number of hydrogen-bond donors (Lipinski definition) is 0. The molecule has 1 saturated carbocycles. The first-order valence-corrected chi connectivity index (χ1v) is 8.15. The lowest BCUT2D eigenvalue weighted by Gasteiger charge is -2.42. The minimum atomic E-state index is -7.82. The second-order valence-corrected chi connectivity index (χ2v) is 7.13. The average molecular weight is 444 g/mol. The van der Waals surface area contributed by atoms with Gasteiger partial charge in [-0.05, 0) is 24.7 Å². The molecule has 0 aromatic carbocycles. The highest BCUT2D eigenvalue weighted by Gasteiger charge is 2.91. The van der Waals surface area contributed by atoms with E-state index in [9.17, 15) is 57.1 Å². The molecule has 0 amide bonds. The summed E-state index contributed by atoms with van der Waals surface area (Å²) < 4.78 is 171. The van der Waals surface area contributed by atoms with Crippen molar-refractivity contribution >= 4 is 0 Å². The zero-order valence-corrected chi connectivity index (χ0v) is 14.5. The van der Waals surface area contributed by atoms with Gasteiger partial charge in [0.1, 0.15) is 0 Å². The van der Waals surface area contributed by atoms with E-state index in [0.717, 1.165) is 6.92 Å². The lowest BCUT2D eigenvalue weighted by Crippen LogP contribution is -2.71. The van der Waals surface area contributed by atoms with Gasteiger partial charge in [0, 0.05) is 5.92 Å². The summed E-state index contributed by atoms with van der Waals surface area (Å²) in [4.78, 5) is 0. The molecule has 0 N–H and O–H groups in total. The van der Waals surface area contributed by atoms with Gasteiger partial charge in [-0.2, -0.15) is 57.1 Å². The van der Waals surface area contributed by atoms with Gasteiger partial charge in [-0.1, -0.05) is 26.7 Å². The molecule has 3 atom stereocenters. The molecular formula is C15H17F13. The van der Waals surface area contributed by atoms with Crippen LogP contribution in [0.15, 0.2) is 0 Å². The Morgan fingerprint density at radius 3 is 1.46 bits per heavy atom. The van der Waals surface area contributed by atoms with E-state index in [1.54, 1.807) is 6.92 Å². The summed E-state index contributed by atoms with van der Waals surface area (Å²) in [5, 5.41) is 0. The monoisotopic (exact) mass is 444 g/mol. The third-order valence-corrected chi connectivity index (χ3v) is 5.10. The fourth-order valence-electron chi connectivity index (χ4n) is 3.54. The fraction of sp³-hybridized carbons (Fsp3) is 1.00. The predicted molar refractivity (Wildman–Crippen MR) is 71.1 cm³/mol. The Bertz CT molecular complexity index is 549. The summed E-state index contributed by atoms with van der Waals surface area (Å²) >= 11 is 0. The highest BCUT2D eigenvalue weighted by molar-refractivity contribution is 5.12. The maximum Gasteiger partial charge on any atom is 0.460 e. The van der Waals surface area contributed by atoms with Crippen molar-refractivity contribution in [3.05, 3.63) is 0 Å². The first-order valence-electron chi connectivity index (χ1n) is 8.15. The Morgan fingerprint density at radius 2 is 1.07 bits per heavy atom. The van der Waals surface area contributed by atoms with E-state index in [2.05, 4.69) is 0 Å². The van der Waals surface area contributed by atoms with Crippen molar-refractivity contribution in [1.29, 1.82) is 0 Å². The van der Waals surface area contributed by atoms with Gasteiger partial charge in [0.25, 0.3) is 0 Å². The second kappa shape index (κ2) is 7.10. The van der Waals surface area contributed by atoms with Crippen molar-refractivity contribution in [2.24, 2.45) is 17.8 Å². The van der Waals surface area contributed by atoms with E-state index in [-0.39, 0.29) is 12.8 Å². The Balaban J connectivity index is 3.38. The van der Waals surface area contributed by atoms with Crippen LogP contribution in [0.25, 0.3) is 0 Å². The van der Waals surface area contributed by atoms with E-state index in [4.69, 9.17) is 0 Å². The van der Waals surface area contributed by atoms with Crippen molar-refractivity contribution in [1.82, 2.24) is 0 Å². The third-order valence-electron chi connectivity index (χ3n) is 5.10. The van der Waals surface area contributed by atoms with E-state index in [1.807, 2.05) is 0 Å². The lowest BCUT2D eigenvalue weighted by atomic mass is 9.82. The molecule has 0 saturated heterocycles. The van der Waals surface area contributed by atoms with Crippen LogP contribution in [0.5, 0.6) is 0 Å². The molecule has 0 aliphatic heterocycles. The molecule has 13 heteroatoms. The summed E-state index contributed by atoms with van der Waals surface area (Å²) in [7, 11) is 0. The van der Waals surface area contributed by atoms with Crippen LogP contribution in [0.4, 0.5) is 57.1 Å². The molecule has 1 aliphatic carbocycles. The van der Waals surface area contributed by atoms with Crippen LogP contribution in [0.2, 0.25) is 0 Å². The summed E-state index contributed by atoms with van der Waals surface area (Å²) in [6, 6.07) is 0. The highest BCUT2D eigenvalue weighted by atomic mass is 19.4. The SMILES string of the molecule is CCCC1CC(C)C(C(F)(F)C(F)(F)C(F)(F)C(F)(F)C(F)(F)C(F)(F)F)C1. The Labute approximate surface area is 151 Å². The molecule has 0 spiro atoms. The zero-order chi connectivity index (χ0) is 22.6. The Kier molecular flexibility index (Phi) is 6.37. The van der Waals surface area contributed by atoms with Crippen LogP contribution in [0.3, 0.4) is 0 Å². The summed E-state index contributed by atoms with van der Waals surface area (Å²) in [5.74, 6) is -40.9. The summed E-state index contributed by atoms with van der Waals surface area (Å²) in [5.41, 5.74) is 0. The standard InChI is InChI=1S/C15H17F13/c1-3-4-8-5-7(2)9(6-8)10(16,17)11(18,19)12(20,21)13(22,23)14(24,25)15(26,27)28/h7-9H,3-6H2,1-2H3. The highest BCUT2D eigenvalue weighted by Crippen LogP contribution is 2.63. The zero-order valence-electron chi connectivity index (χ0n) is 14.5. The molecule has 0 radical (unpaired) electrons. The molecule has 28 heavy (non-hydrogen) atoms. The minimum Gasteiger partial charge on any atom is -0.199 e. The van der Waals surface area contributed by atoms with Crippen LogP contribution in [0.1, 0.15) is 39.5 Å². The first-order chi connectivity index (χ1) is 12.2. The van der Waals surface area contributed by atoms with Gasteiger partial charge in [-0.3, -0.25) is 0 Å². The molecule has 0 bridgehead atoms. The van der Waals surface area contributed by atoms with Crippen molar-refractivity contribution < 1.29 is 57.1 Å². The van der Waals surface area contributed by atoms with Crippen LogP contribution < -0.4 is 0 Å². The van der Waals surface area contributed by atoms with E-state index >= 15 is 0 Å². The van der Waals surface area contributed by atoms with Gasteiger partial charge in [0.15, 0.2) is 0 Å². The van der Waals surface area contributed by atoms with E-state index < -0.39 is 60.0 Å². The van der Waals surface area contributed by atoms with Crippen molar-refractivity contribution in [2.45, 2.75) is 75.3 Å². The third kappa shape index (κ3) is 3.44. The summed E-state index contributed by atoms with van der Waals surface area (Å²) in [6.45, 7) is 2.57. The van der Waals surface area contributed by atoms with Crippen molar-refractivity contribution in [3.8, 4) is 0 Å². The largest absolute Gasteiger partial charge is 0.460 e. The summed E-state index contributed by atoms with van der Waals surface area (Å²) in [6.07, 6.45) is -7.64.